The number of halogens is 1. The van der Waals surface area contributed by atoms with Gasteiger partial charge in [0.05, 0.1) is 5.69 Å². The van der Waals surface area contributed by atoms with Crippen molar-refractivity contribution in [1.29, 1.82) is 0 Å². The molecule has 3 rings (SSSR count). The molecule has 0 bridgehead atoms. The standard InChI is InChI=1S/C22H24FN3O4/c1-16-5-4-6-17(13-16)22(29)24-14-21(28)30-15-20(27)26-11-9-25(10-12-26)19-8-3-2-7-18(19)23/h2-8,13H,9-12,14-15H2,1H3,(H,24,29). The predicted molar refractivity (Wildman–Crippen MR) is 110 cm³/mol. The fourth-order valence-electron chi connectivity index (χ4n) is 3.23. The van der Waals surface area contributed by atoms with Crippen molar-refractivity contribution in [2.45, 2.75) is 6.92 Å². The molecule has 2 amide bonds. The molecule has 0 spiro atoms. The Morgan fingerprint density at radius 1 is 1.03 bits per heavy atom. The van der Waals surface area contributed by atoms with Gasteiger partial charge in [0.25, 0.3) is 11.8 Å². The smallest absolute Gasteiger partial charge is 0.325 e. The number of carbonyl (C=O) groups is 3. The highest BCUT2D eigenvalue weighted by atomic mass is 19.1. The molecular formula is C22H24FN3O4. The van der Waals surface area contributed by atoms with Gasteiger partial charge in [0, 0.05) is 31.7 Å². The van der Waals surface area contributed by atoms with E-state index in [2.05, 4.69) is 5.32 Å². The van der Waals surface area contributed by atoms with Gasteiger partial charge in [-0.05, 0) is 31.2 Å². The maximum atomic E-state index is 13.9. The number of esters is 1. The Kier molecular flexibility index (Phi) is 7.00. The van der Waals surface area contributed by atoms with Gasteiger partial charge < -0.3 is 19.9 Å². The van der Waals surface area contributed by atoms with E-state index in [1.807, 2.05) is 17.9 Å². The van der Waals surface area contributed by atoms with Crippen LogP contribution in [-0.4, -0.2) is 62.0 Å². The predicted octanol–water partition coefficient (Wildman–Crippen LogP) is 1.76. The van der Waals surface area contributed by atoms with Crippen LogP contribution in [0, 0.1) is 12.7 Å². The van der Waals surface area contributed by atoms with Crippen LogP contribution in [0.1, 0.15) is 15.9 Å². The lowest BCUT2D eigenvalue weighted by molar-refractivity contribution is -0.151. The lowest BCUT2D eigenvalue weighted by atomic mass is 10.1. The van der Waals surface area contributed by atoms with Gasteiger partial charge in [-0.15, -0.1) is 0 Å². The zero-order valence-corrected chi connectivity index (χ0v) is 16.8. The van der Waals surface area contributed by atoms with Crippen LogP contribution in [0.5, 0.6) is 0 Å². The number of amides is 2. The maximum absolute atomic E-state index is 13.9. The number of anilines is 1. The summed E-state index contributed by atoms with van der Waals surface area (Å²) in [6.45, 7) is 2.97. The van der Waals surface area contributed by atoms with E-state index < -0.39 is 12.6 Å². The van der Waals surface area contributed by atoms with Crippen LogP contribution >= 0.6 is 0 Å². The normalized spacial score (nSPS) is 13.7. The average molecular weight is 413 g/mol. The summed E-state index contributed by atoms with van der Waals surface area (Å²) in [6, 6.07) is 13.5. The number of ether oxygens (including phenoxy) is 1. The zero-order chi connectivity index (χ0) is 21.5. The molecule has 2 aromatic carbocycles. The average Bonchev–Trinajstić information content (AvgIpc) is 2.76. The molecule has 0 unspecified atom stereocenters. The van der Waals surface area contributed by atoms with Gasteiger partial charge in [0.1, 0.15) is 12.4 Å². The minimum atomic E-state index is -0.686. The molecule has 1 heterocycles. The number of hydrogen-bond acceptors (Lipinski definition) is 5. The summed E-state index contributed by atoms with van der Waals surface area (Å²) >= 11 is 0. The van der Waals surface area contributed by atoms with Crippen LogP contribution in [0.15, 0.2) is 48.5 Å². The zero-order valence-electron chi connectivity index (χ0n) is 16.8. The van der Waals surface area contributed by atoms with E-state index in [1.165, 1.54) is 6.07 Å². The second-order valence-electron chi connectivity index (χ2n) is 7.03. The third-order valence-corrected chi connectivity index (χ3v) is 4.86. The molecule has 158 valence electrons. The third kappa shape index (κ3) is 5.56. The molecule has 0 saturated carbocycles. The van der Waals surface area contributed by atoms with Crippen molar-refractivity contribution in [3.63, 3.8) is 0 Å². The van der Waals surface area contributed by atoms with Crippen molar-refractivity contribution in [2.24, 2.45) is 0 Å². The third-order valence-electron chi connectivity index (χ3n) is 4.86. The molecule has 0 aliphatic carbocycles. The molecule has 0 aromatic heterocycles. The fourth-order valence-corrected chi connectivity index (χ4v) is 3.23. The van der Waals surface area contributed by atoms with Crippen LogP contribution in [0.2, 0.25) is 0 Å². The Bertz CT molecular complexity index is 926. The SMILES string of the molecule is Cc1cccc(C(=O)NCC(=O)OCC(=O)N2CCN(c3ccccc3F)CC2)c1. The second kappa shape index (κ2) is 9.87. The summed E-state index contributed by atoms with van der Waals surface area (Å²) in [4.78, 5) is 39.6. The topological polar surface area (TPSA) is 78.9 Å². The minimum Gasteiger partial charge on any atom is -0.454 e. The largest absolute Gasteiger partial charge is 0.454 e. The molecule has 1 saturated heterocycles. The lowest BCUT2D eigenvalue weighted by Crippen LogP contribution is -2.50. The summed E-state index contributed by atoms with van der Waals surface area (Å²) in [5.41, 5.74) is 1.90. The van der Waals surface area contributed by atoms with Crippen molar-refractivity contribution in [2.75, 3.05) is 44.2 Å². The molecule has 0 atom stereocenters. The van der Waals surface area contributed by atoms with Gasteiger partial charge in [-0.25, -0.2) is 4.39 Å². The first-order valence-electron chi connectivity index (χ1n) is 9.72. The number of piperazine rings is 1. The summed E-state index contributed by atoms with van der Waals surface area (Å²) in [5, 5.41) is 2.48. The van der Waals surface area contributed by atoms with Crippen LogP contribution in [-0.2, 0) is 14.3 Å². The summed E-state index contributed by atoms with van der Waals surface area (Å²) in [5.74, 6) is -1.68. The Hall–Kier alpha value is -3.42. The van der Waals surface area contributed by atoms with E-state index >= 15 is 0 Å². The van der Waals surface area contributed by atoms with Crippen molar-refractivity contribution in [1.82, 2.24) is 10.2 Å². The fraction of sp³-hybridized carbons (Fsp3) is 0.318. The quantitative estimate of drug-likeness (QED) is 0.730. The molecule has 8 heteroatoms. The van der Waals surface area contributed by atoms with E-state index in [-0.39, 0.29) is 24.2 Å². The number of benzene rings is 2. The first-order valence-corrected chi connectivity index (χ1v) is 9.72. The van der Waals surface area contributed by atoms with Gasteiger partial charge in [-0.2, -0.15) is 0 Å². The lowest BCUT2D eigenvalue weighted by Gasteiger charge is -2.36. The highest BCUT2D eigenvalue weighted by Gasteiger charge is 2.23. The van der Waals surface area contributed by atoms with Gasteiger partial charge in [0.15, 0.2) is 6.61 Å². The van der Waals surface area contributed by atoms with Crippen LogP contribution in [0.25, 0.3) is 0 Å². The Labute approximate surface area is 174 Å². The Balaban J connectivity index is 1.39. The van der Waals surface area contributed by atoms with Crippen molar-refractivity contribution in [3.8, 4) is 0 Å². The first kappa shape index (κ1) is 21.3. The highest BCUT2D eigenvalue weighted by Crippen LogP contribution is 2.20. The first-order chi connectivity index (χ1) is 14.4. The maximum Gasteiger partial charge on any atom is 0.325 e. The monoisotopic (exact) mass is 413 g/mol. The van der Waals surface area contributed by atoms with E-state index in [1.54, 1.807) is 41.3 Å². The summed E-state index contributed by atoms with van der Waals surface area (Å²) in [7, 11) is 0. The minimum absolute atomic E-state index is 0.293. The van der Waals surface area contributed by atoms with Gasteiger partial charge in [0.2, 0.25) is 0 Å². The highest BCUT2D eigenvalue weighted by molar-refractivity contribution is 5.96. The van der Waals surface area contributed by atoms with Gasteiger partial charge >= 0.3 is 5.97 Å². The number of rotatable bonds is 6. The summed E-state index contributed by atoms with van der Waals surface area (Å²) < 4.78 is 18.9. The van der Waals surface area contributed by atoms with Crippen LogP contribution in [0.4, 0.5) is 10.1 Å². The number of hydrogen-bond donors (Lipinski definition) is 1. The van der Waals surface area contributed by atoms with Crippen molar-refractivity contribution in [3.05, 3.63) is 65.5 Å². The molecule has 1 fully saturated rings. The number of aryl methyl sites for hydroxylation is 1. The number of para-hydroxylation sites is 1. The van der Waals surface area contributed by atoms with Crippen molar-refractivity contribution < 1.29 is 23.5 Å². The van der Waals surface area contributed by atoms with E-state index in [0.29, 0.717) is 37.4 Å². The van der Waals surface area contributed by atoms with Crippen LogP contribution < -0.4 is 10.2 Å². The van der Waals surface area contributed by atoms with Crippen LogP contribution in [0.3, 0.4) is 0 Å². The van der Waals surface area contributed by atoms with E-state index in [0.717, 1.165) is 5.56 Å². The molecule has 7 nitrogen and oxygen atoms in total. The number of carbonyl (C=O) groups excluding carboxylic acids is 3. The molecule has 30 heavy (non-hydrogen) atoms. The second-order valence-corrected chi connectivity index (χ2v) is 7.03. The molecule has 1 N–H and O–H groups in total. The van der Waals surface area contributed by atoms with E-state index in [9.17, 15) is 18.8 Å². The van der Waals surface area contributed by atoms with Gasteiger partial charge in [-0.3, -0.25) is 14.4 Å². The number of nitrogens with one attached hydrogen (secondary N) is 1. The molecular weight excluding hydrogens is 389 g/mol. The van der Waals surface area contributed by atoms with Gasteiger partial charge in [-0.1, -0.05) is 29.8 Å². The Morgan fingerprint density at radius 2 is 1.77 bits per heavy atom. The Morgan fingerprint density at radius 3 is 2.47 bits per heavy atom. The number of nitrogens with zero attached hydrogens (tertiary/aromatic N) is 2. The molecule has 0 radical (unpaired) electrons. The van der Waals surface area contributed by atoms with Crippen molar-refractivity contribution >= 4 is 23.5 Å². The molecule has 1 aliphatic heterocycles. The molecule has 2 aromatic rings. The summed E-state index contributed by atoms with van der Waals surface area (Å²) in [6.07, 6.45) is 0. The molecule has 1 aliphatic rings. The van der Waals surface area contributed by atoms with E-state index in [4.69, 9.17) is 4.74 Å².